The molecule has 0 saturated heterocycles. The molecule has 0 aliphatic heterocycles. The predicted molar refractivity (Wildman–Crippen MR) is 61.2 cm³/mol. The minimum atomic E-state index is -4.59. The first-order chi connectivity index (χ1) is 8.43. The van der Waals surface area contributed by atoms with Gasteiger partial charge in [0.05, 0.1) is 13.2 Å². The first-order valence-corrected chi connectivity index (χ1v) is 5.48. The smallest absolute Gasteiger partial charge is 0.399 e. The molecule has 0 fully saturated rings. The van der Waals surface area contributed by atoms with Gasteiger partial charge in [-0.1, -0.05) is 20.4 Å². The van der Waals surface area contributed by atoms with Crippen LogP contribution in [-0.2, 0) is 19.1 Å². The van der Waals surface area contributed by atoms with E-state index in [0.29, 0.717) is 0 Å². The lowest BCUT2D eigenvalue weighted by molar-refractivity contribution is -0.174. The zero-order valence-corrected chi connectivity index (χ0v) is 11.1. The topological polar surface area (TPSA) is 52.6 Å². The minimum Gasteiger partial charge on any atom is -0.465 e. The SMILES string of the molecule is C=C(C)C(=O)OCC(C)(C)COC(=O)CC(F)(F)F. The van der Waals surface area contributed by atoms with Crippen molar-refractivity contribution in [3.8, 4) is 0 Å². The molecule has 7 heteroatoms. The molecule has 0 rings (SSSR count). The van der Waals surface area contributed by atoms with Gasteiger partial charge in [0, 0.05) is 11.0 Å². The van der Waals surface area contributed by atoms with Crippen LogP contribution in [0.4, 0.5) is 13.2 Å². The van der Waals surface area contributed by atoms with Gasteiger partial charge in [-0.2, -0.15) is 13.2 Å². The van der Waals surface area contributed by atoms with E-state index in [1.807, 2.05) is 0 Å². The van der Waals surface area contributed by atoms with Crippen LogP contribution < -0.4 is 0 Å². The summed E-state index contributed by atoms with van der Waals surface area (Å²) in [6.07, 6.45) is -6.22. The third-order valence-electron chi connectivity index (χ3n) is 1.91. The van der Waals surface area contributed by atoms with E-state index in [0.717, 1.165) is 0 Å². The Balaban J connectivity index is 4.13. The largest absolute Gasteiger partial charge is 0.465 e. The summed E-state index contributed by atoms with van der Waals surface area (Å²) >= 11 is 0. The highest BCUT2D eigenvalue weighted by Gasteiger charge is 2.33. The van der Waals surface area contributed by atoms with Crippen molar-refractivity contribution in [2.24, 2.45) is 5.41 Å². The van der Waals surface area contributed by atoms with Crippen LogP contribution in [0.3, 0.4) is 0 Å². The second-order valence-corrected chi connectivity index (χ2v) is 4.97. The van der Waals surface area contributed by atoms with Crippen molar-refractivity contribution in [2.75, 3.05) is 13.2 Å². The van der Waals surface area contributed by atoms with Gasteiger partial charge in [0.2, 0.25) is 0 Å². The van der Waals surface area contributed by atoms with Crippen molar-refractivity contribution in [3.05, 3.63) is 12.2 Å². The predicted octanol–water partition coefficient (Wildman–Crippen LogP) is 2.63. The number of esters is 2. The number of hydrogen-bond acceptors (Lipinski definition) is 4. The van der Waals surface area contributed by atoms with Crippen molar-refractivity contribution in [3.63, 3.8) is 0 Å². The van der Waals surface area contributed by atoms with Gasteiger partial charge in [-0.15, -0.1) is 0 Å². The average Bonchev–Trinajstić information content (AvgIpc) is 2.21. The first kappa shape index (κ1) is 17.5. The Bertz CT molecular complexity index is 358. The zero-order chi connectivity index (χ0) is 15.3. The van der Waals surface area contributed by atoms with Crippen LogP contribution in [0.25, 0.3) is 0 Å². The maximum absolute atomic E-state index is 11.9. The Morgan fingerprint density at radius 3 is 2.00 bits per heavy atom. The summed E-state index contributed by atoms with van der Waals surface area (Å²) in [5, 5.41) is 0. The maximum Gasteiger partial charge on any atom is 0.399 e. The van der Waals surface area contributed by atoms with Crippen molar-refractivity contribution < 1.29 is 32.2 Å². The van der Waals surface area contributed by atoms with Crippen LogP contribution in [0.15, 0.2) is 12.2 Å². The third-order valence-corrected chi connectivity index (χ3v) is 1.91. The Hall–Kier alpha value is -1.53. The summed E-state index contributed by atoms with van der Waals surface area (Å²) in [5.41, 5.74) is -0.559. The van der Waals surface area contributed by atoms with E-state index < -0.39 is 30.0 Å². The van der Waals surface area contributed by atoms with Gasteiger partial charge in [0.1, 0.15) is 6.42 Å². The van der Waals surface area contributed by atoms with Crippen molar-refractivity contribution >= 4 is 11.9 Å². The summed E-state index contributed by atoms with van der Waals surface area (Å²) in [5.74, 6) is -1.96. The molecule has 0 N–H and O–H groups in total. The molecule has 0 aliphatic carbocycles. The Kier molecular flexibility index (Phi) is 6.05. The third kappa shape index (κ3) is 9.10. The van der Waals surface area contributed by atoms with E-state index in [-0.39, 0.29) is 18.8 Å². The van der Waals surface area contributed by atoms with Crippen molar-refractivity contribution in [2.45, 2.75) is 33.4 Å². The highest BCUT2D eigenvalue weighted by molar-refractivity contribution is 5.86. The fourth-order valence-electron chi connectivity index (χ4n) is 0.916. The molecule has 110 valence electrons. The van der Waals surface area contributed by atoms with E-state index in [1.54, 1.807) is 13.8 Å². The molecule has 0 amide bonds. The van der Waals surface area contributed by atoms with Crippen LogP contribution >= 0.6 is 0 Å². The molecule has 19 heavy (non-hydrogen) atoms. The normalized spacial score (nSPS) is 11.9. The van der Waals surface area contributed by atoms with Crippen molar-refractivity contribution in [1.82, 2.24) is 0 Å². The quantitative estimate of drug-likeness (QED) is 0.555. The monoisotopic (exact) mass is 282 g/mol. The van der Waals surface area contributed by atoms with Crippen LogP contribution in [-0.4, -0.2) is 31.3 Å². The molecule has 0 aliphatic rings. The Labute approximate surface area is 109 Å². The van der Waals surface area contributed by atoms with Gasteiger partial charge in [-0.05, 0) is 6.92 Å². The molecule has 0 radical (unpaired) electrons. The summed E-state index contributed by atoms with van der Waals surface area (Å²) in [6.45, 7) is 7.69. The van der Waals surface area contributed by atoms with Crippen molar-refractivity contribution in [1.29, 1.82) is 0 Å². The van der Waals surface area contributed by atoms with Gasteiger partial charge in [0.15, 0.2) is 0 Å². The molecule has 0 unspecified atom stereocenters. The number of halogens is 3. The molecule has 4 nitrogen and oxygen atoms in total. The number of carbonyl (C=O) groups excluding carboxylic acids is 2. The van der Waals surface area contributed by atoms with E-state index in [9.17, 15) is 22.8 Å². The summed E-state index contributed by atoms with van der Waals surface area (Å²) in [6, 6.07) is 0. The van der Waals surface area contributed by atoms with E-state index in [4.69, 9.17) is 4.74 Å². The average molecular weight is 282 g/mol. The van der Waals surface area contributed by atoms with Gasteiger partial charge in [0.25, 0.3) is 0 Å². The number of ether oxygens (including phenoxy) is 2. The summed E-state index contributed by atoms with van der Waals surface area (Å²) in [4.78, 5) is 22.0. The second-order valence-electron chi connectivity index (χ2n) is 4.97. The molecule has 0 aromatic rings. The van der Waals surface area contributed by atoms with E-state index >= 15 is 0 Å². The number of carbonyl (C=O) groups is 2. The highest BCUT2D eigenvalue weighted by atomic mass is 19.4. The van der Waals surface area contributed by atoms with Gasteiger partial charge in [-0.3, -0.25) is 4.79 Å². The van der Waals surface area contributed by atoms with Crippen LogP contribution in [0.2, 0.25) is 0 Å². The Morgan fingerprint density at radius 1 is 1.11 bits per heavy atom. The van der Waals surface area contributed by atoms with E-state index in [1.165, 1.54) is 6.92 Å². The molecular weight excluding hydrogens is 265 g/mol. The minimum absolute atomic E-state index is 0.0853. The molecule has 0 aromatic heterocycles. The fourth-order valence-corrected chi connectivity index (χ4v) is 0.916. The molecular formula is C12H17F3O4. The first-order valence-electron chi connectivity index (χ1n) is 5.48. The second kappa shape index (κ2) is 6.58. The van der Waals surface area contributed by atoms with Gasteiger partial charge in [-0.25, -0.2) is 4.79 Å². The lowest BCUT2D eigenvalue weighted by atomic mass is 9.96. The molecule has 0 heterocycles. The molecule has 0 bridgehead atoms. The molecule has 0 saturated carbocycles. The summed E-state index contributed by atoms with van der Waals surface area (Å²) in [7, 11) is 0. The van der Waals surface area contributed by atoms with Crippen LogP contribution in [0, 0.1) is 5.41 Å². The highest BCUT2D eigenvalue weighted by Crippen LogP contribution is 2.22. The number of hydrogen-bond donors (Lipinski definition) is 0. The van der Waals surface area contributed by atoms with Crippen LogP contribution in [0.1, 0.15) is 27.2 Å². The Morgan fingerprint density at radius 2 is 1.58 bits per heavy atom. The number of alkyl halides is 3. The maximum atomic E-state index is 11.9. The van der Waals surface area contributed by atoms with Gasteiger partial charge >= 0.3 is 18.1 Å². The molecule has 0 aromatic carbocycles. The standard InChI is InChI=1S/C12H17F3O4/c1-8(2)10(17)19-7-11(3,4)6-18-9(16)5-12(13,14)15/h1,5-7H2,2-4H3. The molecule has 0 spiro atoms. The summed E-state index contributed by atoms with van der Waals surface area (Å²) < 4.78 is 45.0. The fraction of sp³-hybridized carbons (Fsp3) is 0.667. The van der Waals surface area contributed by atoms with Crippen LogP contribution in [0.5, 0.6) is 0 Å². The lowest BCUT2D eigenvalue weighted by Crippen LogP contribution is -2.29. The molecule has 0 atom stereocenters. The zero-order valence-electron chi connectivity index (χ0n) is 11.1. The lowest BCUT2D eigenvalue weighted by Gasteiger charge is -2.23. The van der Waals surface area contributed by atoms with Gasteiger partial charge < -0.3 is 9.47 Å². The van der Waals surface area contributed by atoms with E-state index in [2.05, 4.69) is 11.3 Å². The number of rotatable bonds is 6.